The Kier molecular flexibility index (Phi) is 3.33. The first-order chi connectivity index (χ1) is 12.3. The smallest absolute Gasteiger partial charge is 0.147 e. The van der Waals surface area contributed by atoms with Crippen molar-refractivity contribution in [2.24, 2.45) is 0 Å². The lowest BCUT2D eigenvalue weighted by atomic mass is 10.1. The second-order valence-electron chi connectivity index (χ2n) is 6.85. The van der Waals surface area contributed by atoms with Gasteiger partial charge >= 0.3 is 0 Å². The van der Waals surface area contributed by atoms with Gasteiger partial charge in [-0.15, -0.1) is 0 Å². The lowest BCUT2D eigenvalue weighted by Crippen LogP contribution is -2.54. The summed E-state index contributed by atoms with van der Waals surface area (Å²) in [5, 5.41) is 5.94. The summed E-state index contributed by atoms with van der Waals surface area (Å²) in [5.74, 6) is 1.78. The third-order valence-electron chi connectivity index (χ3n) is 5.01. The van der Waals surface area contributed by atoms with Crippen LogP contribution in [0.15, 0.2) is 48.7 Å². The van der Waals surface area contributed by atoms with Crippen LogP contribution < -0.4 is 14.4 Å². The van der Waals surface area contributed by atoms with Crippen molar-refractivity contribution in [3.8, 4) is 11.5 Å². The van der Waals surface area contributed by atoms with Gasteiger partial charge in [0, 0.05) is 17.3 Å². The van der Waals surface area contributed by atoms with E-state index in [1.807, 2.05) is 36.4 Å². The molecule has 1 aromatic heterocycles. The number of aromatic nitrogens is 2. The average Bonchev–Trinajstić information content (AvgIpc) is 3.37. The second-order valence-corrected chi connectivity index (χ2v) is 6.85. The van der Waals surface area contributed by atoms with E-state index in [1.54, 1.807) is 7.11 Å². The van der Waals surface area contributed by atoms with Gasteiger partial charge in [0.15, 0.2) is 0 Å². The SMILES string of the molecule is COc1ccc(N2CC(Oc3ccccc3)C2)c2cn(C3CC3)nc12. The van der Waals surface area contributed by atoms with Crippen molar-refractivity contribution in [3.05, 3.63) is 48.7 Å². The summed E-state index contributed by atoms with van der Waals surface area (Å²) < 4.78 is 13.6. The van der Waals surface area contributed by atoms with Gasteiger partial charge in [-0.05, 0) is 37.1 Å². The Morgan fingerprint density at radius 2 is 1.84 bits per heavy atom. The van der Waals surface area contributed by atoms with Crippen molar-refractivity contribution in [3.63, 3.8) is 0 Å². The minimum atomic E-state index is 0.234. The topological polar surface area (TPSA) is 39.5 Å². The largest absolute Gasteiger partial charge is 0.494 e. The van der Waals surface area contributed by atoms with Gasteiger partial charge in [0.2, 0.25) is 0 Å². The molecular weight excluding hydrogens is 314 g/mol. The summed E-state index contributed by atoms with van der Waals surface area (Å²) in [6.07, 6.45) is 4.86. The van der Waals surface area contributed by atoms with E-state index in [0.717, 1.165) is 30.1 Å². The maximum Gasteiger partial charge on any atom is 0.147 e. The molecule has 2 heterocycles. The van der Waals surface area contributed by atoms with Gasteiger partial charge in [-0.25, -0.2) is 0 Å². The lowest BCUT2D eigenvalue weighted by Gasteiger charge is -2.41. The van der Waals surface area contributed by atoms with E-state index in [1.165, 1.54) is 23.9 Å². The van der Waals surface area contributed by atoms with E-state index in [0.29, 0.717) is 6.04 Å². The molecule has 2 aliphatic rings. The molecule has 128 valence electrons. The lowest BCUT2D eigenvalue weighted by molar-refractivity contribution is 0.168. The van der Waals surface area contributed by atoms with Crippen LogP contribution in [0.5, 0.6) is 11.5 Å². The molecule has 25 heavy (non-hydrogen) atoms. The first kappa shape index (κ1) is 14.6. The van der Waals surface area contributed by atoms with Crippen LogP contribution in [0.4, 0.5) is 5.69 Å². The van der Waals surface area contributed by atoms with Crippen LogP contribution in [-0.4, -0.2) is 36.1 Å². The molecule has 5 rings (SSSR count). The third kappa shape index (κ3) is 2.60. The van der Waals surface area contributed by atoms with Crippen molar-refractivity contribution >= 4 is 16.6 Å². The number of benzene rings is 2. The summed E-state index contributed by atoms with van der Waals surface area (Å²) >= 11 is 0. The first-order valence-electron chi connectivity index (χ1n) is 8.84. The normalized spacial score (nSPS) is 17.6. The molecule has 1 saturated heterocycles. The minimum absolute atomic E-state index is 0.234. The molecule has 0 N–H and O–H groups in total. The van der Waals surface area contributed by atoms with E-state index in [-0.39, 0.29) is 6.10 Å². The van der Waals surface area contributed by atoms with E-state index in [4.69, 9.17) is 14.6 Å². The van der Waals surface area contributed by atoms with Gasteiger partial charge in [0.1, 0.15) is 23.1 Å². The van der Waals surface area contributed by atoms with Gasteiger partial charge < -0.3 is 14.4 Å². The highest BCUT2D eigenvalue weighted by molar-refractivity contribution is 5.96. The highest BCUT2D eigenvalue weighted by atomic mass is 16.5. The molecule has 1 aliphatic carbocycles. The number of ether oxygens (including phenoxy) is 2. The Hall–Kier alpha value is -2.69. The first-order valence-corrected chi connectivity index (χ1v) is 8.84. The van der Waals surface area contributed by atoms with Gasteiger partial charge in [-0.3, -0.25) is 4.68 Å². The fourth-order valence-corrected chi connectivity index (χ4v) is 3.45. The van der Waals surface area contributed by atoms with E-state index >= 15 is 0 Å². The number of hydrogen-bond acceptors (Lipinski definition) is 4. The summed E-state index contributed by atoms with van der Waals surface area (Å²) in [6, 6.07) is 14.8. The van der Waals surface area contributed by atoms with Crippen LogP contribution in [0, 0.1) is 0 Å². The third-order valence-corrected chi connectivity index (χ3v) is 5.01. The Bertz CT molecular complexity index is 896. The van der Waals surface area contributed by atoms with Crippen LogP contribution in [-0.2, 0) is 0 Å². The fraction of sp³-hybridized carbons (Fsp3) is 0.350. The van der Waals surface area contributed by atoms with Crippen molar-refractivity contribution < 1.29 is 9.47 Å². The zero-order valence-electron chi connectivity index (χ0n) is 14.3. The number of rotatable bonds is 5. The van der Waals surface area contributed by atoms with E-state index in [9.17, 15) is 0 Å². The van der Waals surface area contributed by atoms with Crippen molar-refractivity contribution in [1.82, 2.24) is 9.78 Å². The average molecular weight is 335 g/mol. The highest BCUT2D eigenvalue weighted by Gasteiger charge is 2.31. The van der Waals surface area contributed by atoms with E-state index in [2.05, 4.69) is 21.8 Å². The Labute approximate surface area is 146 Å². The summed E-state index contributed by atoms with van der Waals surface area (Å²) in [7, 11) is 1.71. The Balaban J connectivity index is 1.38. The minimum Gasteiger partial charge on any atom is -0.494 e. The fourth-order valence-electron chi connectivity index (χ4n) is 3.45. The molecule has 0 bridgehead atoms. The van der Waals surface area contributed by atoms with Crippen LogP contribution in [0.2, 0.25) is 0 Å². The van der Waals surface area contributed by atoms with Gasteiger partial charge in [0.25, 0.3) is 0 Å². The predicted octanol–water partition coefficient (Wildman–Crippen LogP) is 3.65. The van der Waals surface area contributed by atoms with Crippen LogP contribution in [0.25, 0.3) is 10.9 Å². The highest BCUT2D eigenvalue weighted by Crippen LogP contribution is 2.40. The number of fused-ring (bicyclic) bond motifs is 1. The summed E-state index contributed by atoms with van der Waals surface area (Å²) in [5.41, 5.74) is 2.18. The zero-order chi connectivity index (χ0) is 16.8. The summed E-state index contributed by atoms with van der Waals surface area (Å²) in [6.45, 7) is 1.79. The number of hydrogen-bond donors (Lipinski definition) is 0. The van der Waals surface area contributed by atoms with Crippen molar-refractivity contribution in [2.45, 2.75) is 25.0 Å². The maximum absolute atomic E-state index is 6.03. The molecule has 2 aromatic carbocycles. The molecule has 1 aliphatic heterocycles. The predicted molar refractivity (Wildman–Crippen MR) is 97.6 cm³/mol. The molecular formula is C20H21N3O2. The van der Waals surface area contributed by atoms with Gasteiger partial charge in [0.05, 0.1) is 26.2 Å². The molecule has 5 heteroatoms. The van der Waals surface area contributed by atoms with Crippen LogP contribution >= 0.6 is 0 Å². The maximum atomic E-state index is 6.03. The van der Waals surface area contributed by atoms with Gasteiger partial charge in [-0.1, -0.05) is 18.2 Å². The number of anilines is 1. The molecule has 3 aromatic rings. The standard InChI is InChI=1S/C20H21N3O2/c1-24-19-10-9-18(17-13-23(14-7-8-14)21-20(17)19)22-11-16(12-22)25-15-5-3-2-4-6-15/h2-6,9-10,13-14,16H,7-8,11-12H2,1H3. The Morgan fingerprint density at radius 3 is 2.56 bits per heavy atom. The van der Waals surface area contributed by atoms with Crippen molar-refractivity contribution in [1.29, 1.82) is 0 Å². The molecule has 1 saturated carbocycles. The molecule has 5 nitrogen and oxygen atoms in total. The summed E-state index contributed by atoms with van der Waals surface area (Å²) in [4.78, 5) is 2.36. The molecule has 2 fully saturated rings. The molecule has 0 amide bonds. The molecule has 0 atom stereocenters. The number of methoxy groups -OCH3 is 1. The van der Waals surface area contributed by atoms with Crippen LogP contribution in [0.3, 0.4) is 0 Å². The van der Waals surface area contributed by atoms with E-state index < -0.39 is 0 Å². The monoisotopic (exact) mass is 335 g/mol. The number of para-hydroxylation sites is 1. The molecule has 0 spiro atoms. The molecule has 0 unspecified atom stereocenters. The Morgan fingerprint density at radius 1 is 1.04 bits per heavy atom. The number of nitrogens with zero attached hydrogens (tertiary/aromatic N) is 3. The second kappa shape index (κ2) is 5.69. The molecule has 0 radical (unpaired) electrons. The van der Waals surface area contributed by atoms with Gasteiger partial charge in [-0.2, -0.15) is 5.10 Å². The van der Waals surface area contributed by atoms with Crippen LogP contribution in [0.1, 0.15) is 18.9 Å². The quantitative estimate of drug-likeness (QED) is 0.713. The van der Waals surface area contributed by atoms with Crippen molar-refractivity contribution in [2.75, 3.05) is 25.1 Å². The zero-order valence-corrected chi connectivity index (χ0v) is 14.3.